The Balaban J connectivity index is 1.64. The molecule has 0 unspecified atom stereocenters. The Kier molecular flexibility index (Phi) is 3.96. The summed E-state index contributed by atoms with van der Waals surface area (Å²) >= 11 is 0. The van der Waals surface area contributed by atoms with Gasteiger partial charge in [-0.05, 0) is 60.4 Å². The molecule has 0 bridgehead atoms. The Morgan fingerprint density at radius 1 is 1.16 bits per heavy atom. The number of carbonyl (C=O) groups excluding carboxylic acids is 1. The minimum absolute atomic E-state index is 0.311. The molecule has 1 aliphatic carbocycles. The zero-order valence-electron chi connectivity index (χ0n) is 14.1. The van der Waals surface area contributed by atoms with E-state index in [0.717, 1.165) is 34.7 Å². The number of anilines is 1. The average molecular weight is 334 g/mol. The Bertz CT molecular complexity index is 963. The van der Waals surface area contributed by atoms with Gasteiger partial charge in [0.15, 0.2) is 0 Å². The maximum absolute atomic E-state index is 14.0. The van der Waals surface area contributed by atoms with Crippen LogP contribution < -0.4 is 5.32 Å². The highest BCUT2D eigenvalue weighted by atomic mass is 19.1. The standard InChI is InChI=1S/C21H19FN2O/c1-13-18(14-7-4-8-14)10-17(22)11-19(13)24-21(25)20-9-15-5-2-3-6-16(15)12-23-20/h2-3,5-6,9-12,14H,4,7-8H2,1H3,(H,24,25). The summed E-state index contributed by atoms with van der Waals surface area (Å²) in [6, 6.07) is 12.5. The first-order chi connectivity index (χ1) is 12.1. The van der Waals surface area contributed by atoms with Crippen LogP contribution in [-0.4, -0.2) is 10.9 Å². The largest absolute Gasteiger partial charge is 0.320 e. The van der Waals surface area contributed by atoms with E-state index in [-0.39, 0.29) is 11.7 Å². The molecule has 1 aliphatic rings. The molecule has 25 heavy (non-hydrogen) atoms. The van der Waals surface area contributed by atoms with Crippen LogP contribution in [0.3, 0.4) is 0 Å². The van der Waals surface area contributed by atoms with E-state index in [1.54, 1.807) is 18.3 Å². The molecule has 3 nitrogen and oxygen atoms in total. The number of amides is 1. The highest BCUT2D eigenvalue weighted by molar-refractivity contribution is 6.05. The smallest absolute Gasteiger partial charge is 0.274 e. The van der Waals surface area contributed by atoms with Crippen molar-refractivity contribution >= 4 is 22.4 Å². The van der Waals surface area contributed by atoms with E-state index < -0.39 is 0 Å². The van der Waals surface area contributed by atoms with Crippen molar-refractivity contribution in [3.63, 3.8) is 0 Å². The zero-order valence-corrected chi connectivity index (χ0v) is 14.1. The molecule has 0 radical (unpaired) electrons. The van der Waals surface area contributed by atoms with Crippen LogP contribution in [0.25, 0.3) is 10.8 Å². The molecule has 1 N–H and O–H groups in total. The lowest BCUT2D eigenvalue weighted by Crippen LogP contribution is -2.17. The number of fused-ring (bicyclic) bond motifs is 1. The first-order valence-electron chi connectivity index (χ1n) is 8.58. The third-order valence-electron chi connectivity index (χ3n) is 5.07. The van der Waals surface area contributed by atoms with Crippen LogP contribution in [0, 0.1) is 12.7 Å². The number of benzene rings is 2. The molecule has 4 rings (SSSR count). The fourth-order valence-corrected chi connectivity index (χ4v) is 3.37. The predicted octanol–water partition coefficient (Wildman–Crippen LogP) is 5.20. The monoisotopic (exact) mass is 334 g/mol. The van der Waals surface area contributed by atoms with Crippen molar-refractivity contribution in [1.82, 2.24) is 4.98 Å². The Morgan fingerprint density at radius 3 is 2.64 bits per heavy atom. The number of nitrogens with zero attached hydrogens (tertiary/aromatic N) is 1. The third kappa shape index (κ3) is 3.00. The molecular formula is C21H19FN2O. The van der Waals surface area contributed by atoms with Crippen molar-refractivity contribution in [1.29, 1.82) is 0 Å². The maximum Gasteiger partial charge on any atom is 0.274 e. The minimum Gasteiger partial charge on any atom is -0.320 e. The van der Waals surface area contributed by atoms with E-state index >= 15 is 0 Å². The number of hydrogen-bond acceptors (Lipinski definition) is 2. The Hall–Kier alpha value is -2.75. The van der Waals surface area contributed by atoms with Gasteiger partial charge in [0.05, 0.1) is 0 Å². The minimum atomic E-state index is -0.320. The molecule has 0 aliphatic heterocycles. The van der Waals surface area contributed by atoms with Crippen LogP contribution in [-0.2, 0) is 0 Å². The second-order valence-corrected chi connectivity index (χ2v) is 6.67. The van der Waals surface area contributed by atoms with E-state index in [1.165, 1.54) is 12.5 Å². The van der Waals surface area contributed by atoms with Gasteiger partial charge in [-0.25, -0.2) is 4.39 Å². The van der Waals surface area contributed by atoms with Crippen LogP contribution in [0.1, 0.15) is 46.8 Å². The van der Waals surface area contributed by atoms with E-state index in [0.29, 0.717) is 17.3 Å². The lowest BCUT2D eigenvalue weighted by Gasteiger charge is -2.28. The van der Waals surface area contributed by atoms with Gasteiger partial charge in [-0.2, -0.15) is 0 Å². The van der Waals surface area contributed by atoms with Gasteiger partial charge in [-0.15, -0.1) is 0 Å². The Morgan fingerprint density at radius 2 is 1.92 bits per heavy atom. The van der Waals surface area contributed by atoms with E-state index in [9.17, 15) is 9.18 Å². The fraction of sp³-hybridized carbons (Fsp3) is 0.238. The molecule has 1 fully saturated rings. The van der Waals surface area contributed by atoms with E-state index in [4.69, 9.17) is 0 Å². The summed E-state index contributed by atoms with van der Waals surface area (Å²) < 4.78 is 14.0. The summed E-state index contributed by atoms with van der Waals surface area (Å²) in [5.41, 5.74) is 2.81. The SMILES string of the molecule is Cc1c(NC(=O)c2cc3ccccc3cn2)cc(F)cc1C1CCC1. The normalized spacial score (nSPS) is 14.3. The van der Waals surface area contributed by atoms with Gasteiger partial charge < -0.3 is 5.32 Å². The molecule has 2 aromatic carbocycles. The first kappa shape index (κ1) is 15.8. The molecule has 1 heterocycles. The van der Waals surface area contributed by atoms with Crippen molar-refractivity contribution < 1.29 is 9.18 Å². The lowest BCUT2D eigenvalue weighted by atomic mass is 9.78. The average Bonchev–Trinajstić information content (AvgIpc) is 2.57. The van der Waals surface area contributed by atoms with Crippen LogP contribution in [0.5, 0.6) is 0 Å². The van der Waals surface area contributed by atoms with Crippen molar-refractivity contribution in [2.75, 3.05) is 5.32 Å². The molecule has 3 aromatic rings. The van der Waals surface area contributed by atoms with Gasteiger partial charge in [-0.3, -0.25) is 9.78 Å². The van der Waals surface area contributed by atoms with Gasteiger partial charge in [-0.1, -0.05) is 30.7 Å². The number of carbonyl (C=O) groups is 1. The van der Waals surface area contributed by atoms with Gasteiger partial charge >= 0.3 is 0 Å². The topological polar surface area (TPSA) is 42.0 Å². The molecule has 1 aromatic heterocycles. The van der Waals surface area contributed by atoms with Crippen molar-refractivity contribution in [3.8, 4) is 0 Å². The molecule has 4 heteroatoms. The highest BCUT2D eigenvalue weighted by Gasteiger charge is 2.23. The molecular weight excluding hydrogens is 315 g/mol. The molecule has 0 spiro atoms. The second-order valence-electron chi connectivity index (χ2n) is 6.67. The third-order valence-corrected chi connectivity index (χ3v) is 5.07. The molecule has 1 amide bonds. The van der Waals surface area contributed by atoms with E-state index in [1.807, 2.05) is 31.2 Å². The van der Waals surface area contributed by atoms with Crippen LogP contribution in [0.2, 0.25) is 0 Å². The van der Waals surface area contributed by atoms with Gasteiger partial charge in [0, 0.05) is 17.3 Å². The number of rotatable bonds is 3. The summed E-state index contributed by atoms with van der Waals surface area (Å²) in [5.74, 6) is -0.224. The summed E-state index contributed by atoms with van der Waals surface area (Å²) in [6.45, 7) is 1.94. The summed E-state index contributed by atoms with van der Waals surface area (Å²) in [5, 5.41) is 4.77. The van der Waals surface area contributed by atoms with Crippen LogP contribution in [0.15, 0.2) is 48.7 Å². The number of hydrogen-bond donors (Lipinski definition) is 1. The fourth-order valence-electron chi connectivity index (χ4n) is 3.37. The molecule has 1 saturated carbocycles. The van der Waals surface area contributed by atoms with Crippen LogP contribution >= 0.6 is 0 Å². The van der Waals surface area contributed by atoms with Gasteiger partial charge in [0.1, 0.15) is 11.5 Å². The van der Waals surface area contributed by atoms with Gasteiger partial charge in [0.2, 0.25) is 0 Å². The predicted molar refractivity (Wildman–Crippen MR) is 97.4 cm³/mol. The summed E-state index contributed by atoms with van der Waals surface area (Å²) in [7, 11) is 0. The second kappa shape index (κ2) is 6.28. The van der Waals surface area contributed by atoms with Crippen molar-refractivity contribution in [2.24, 2.45) is 0 Å². The highest BCUT2D eigenvalue weighted by Crippen LogP contribution is 2.40. The first-order valence-corrected chi connectivity index (χ1v) is 8.58. The Labute approximate surface area is 145 Å². The van der Waals surface area contributed by atoms with Crippen molar-refractivity contribution in [3.05, 3.63) is 71.3 Å². The molecule has 0 saturated heterocycles. The molecule has 126 valence electrons. The number of nitrogens with one attached hydrogen (secondary N) is 1. The lowest BCUT2D eigenvalue weighted by molar-refractivity contribution is 0.102. The maximum atomic E-state index is 14.0. The van der Waals surface area contributed by atoms with Crippen LogP contribution in [0.4, 0.5) is 10.1 Å². The number of aromatic nitrogens is 1. The van der Waals surface area contributed by atoms with Crippen molar-refractivity contribution in [2.45, 2.75) is 32.1 Å². The summed E-state index contributed by atoms with van der Waals surface area (Å²) in [4.78, 5) is 16.8. The molecule has 0 atom stereocenters. The van der Waals surface area contributed by atoms with Gasteiger partial charge in [0.25, 0.3) is 5.91 Å². The number of pyridine rings is 1. The quantitative estimate of drug-likeness (QED) is 0.715. The number of halogens is 1. The van der Waals surface area contributed by atoms with E-state index in [2.05, 4.69) is 10.3 Å². The zero-order chi connectivity index (χ0) is 17.4. The summed E-state index contributed by atoms with van der Waals surface area (Å²) in [6.07, 6.45) is 5.04.